The summed E-state index contributed by atoms with van der Waals surface area (Å²) in [5.41, 5.74) is 2.28. The van der Waals surface area contributed by atoms with E-state index in [0.717, 1.165) is 39.6 Å². The molecule has 0 aliphatic carbocycles. The Morgan fingerprint density at radius 3 is 2.52 bits per heavy atom. The molecule has 33 heavy (non-hydrogen) atoms. The van der Waals surface area contributed by atoms with Gasteiger partial charge in [0.05, 0.1) is 41.0 Å². The Hall–Kier alpha value is -3.15. The SMILES string of the molecule is COc1ncc(-c2nc(N3CCOCC3)c3sc(-c4cccc(S(C)(=O)=O)c4)cc3n2)cn1. The summed E-state index contributed by atoms with van der Waals surface area (Å²) in [6, 6.07) is 9.20. The fraction of sp³-hybridized carbons (Fsp3) is 0.273. The lowest BCUT2D eigenvalue weighted by atomic mass is 10.2. The molecule has 1 aromatic carbocycles. The van der Waals surface area contributed by atoms with Gasteiger partial charge in [0.25, 0.3) is 0 Å². The molecule has 1 fully saturated rings. The van der Waals surface area contributed by atoms with Gasteiger partial charge in [-0.1, -0.05) is 12.1 Å². The first-order valence-corrected chi connectivity index (χ1v) is 12.9. The zero-order valence-electron chi connectivity index (χ0n) is 18.1. The van der Waals surface area contributed by atoms with E-state index in [1.165, 1.54) is 13.4 Å². The smallest absolute Gasteiger partial charge is 0.316 e. The number of fused-ring (bicyclic) bond motifs is 1. The van der Waals surface area contributed by atoms with E-state index in [2.05, 4.69) is 14.9 Å². The Morgan fingerprint density at radius 2 is 1.82 bits per heavy atom. The van der Waals surface area contributed by atoms with E-state index in [9.17, 15) is 8.42 Å². The Morgan fingerprint density at radius 1 is 1.06 bits per heavy atom. The number of nitrogens with zero attached hydrogens (tertiary/aromatic N) is 5. The van der Waals surface area contributed by atoms with E-state index in [1.807, 2.05) is 12.1 Å². The number of benzene rings is 1. The van der Waals surface area contributed by atoms with E-state index in [1.54, 1.807) is 41.9 Å². The van der Waals surface area contributed by atoms with Crippen LogP contribution in [0.3, 0.4) is 0 Å². The molecule has 0 atom stereocenters. The molecule has 0 saturated carbocycles. The summed E-state index contributed by atoms with van der Waals surface area (Å²) < 4.78 is 35.6. The molecule has 1 aliphatic heterocycles. The van der Waals surface area contributed by atoms with Crippen LogP contribution >= 0.6 is 11.3 Å². The first kappa shape index (κ1) is 21.7. The van der Waals surface area contributed by atoms with Crippen molar-refractivity contribution < 1.29 is 17.9 Å². The van der Waals surface area contributed by atoms with Gasteiger partial charge in [-0.05, 0) is 23.8 Å². The molecule has 0 spiro atoms. The fourth-order valence-corrected chi connectivity index (χ4v) is 5.37. The maximum absolute atomic E-state index is 12.0. The molecule has 0 unspecified atom stereocenters. The van der Waals surface area contributed by atoms with Crippen LogP contribution in [0.25, 0.3) is 32.0 Å². The fourth-order valence-electron chi connectivity index (χ4n) is 3.59. The van der Waals surface area contributed by atoms with E-state index in [4.69, 9.17) is 19.4 Å². The second-order valence-electron chi connectivity index (χ2n) is 7.55. The molecule has 11 heteroatoms. The van der Waals surface area contributed by atoms with Crippen molar-refractivity contribution in [1.82, 2.24) is 19.9 Å². The number of thiophene rings is 1. The van der Waals surface area contributed by atoms with Crippen LogP contribution in [0.4, 0.5) is 5.82 Å². The topological polar surface area (TPSA) is 107 Å². The lowest BCUT2D eigenvalue weighted by molar-refractivity contribution is 0.122. The minimum atomic E-state index is -3.31. The highest BCUT2D eigenvalue weighted by Gasteiger charge is 2.21. The number of anilines is 1. The van der Waals surface area contributed by atoms with Crippen molar-refractivity contribution in [3.63, 3.8) is 0 Å². The molecule has 5 rings (SSSR count). The van der Waals surface area contributed by atoms with Crippen molar-refractivity contribution in [1.29, 1.82) is 0 Å². The number of sulfone groups is 1. The molecule has 1 saturated heterocycles. The van der Waals surface area contributed by atoms with Gasteiger partial charge in [0.15, 0.2) is 21.5 Å². The van der Waals surface area contributed by atoms with Crippen LogP contribution in [0.15, 0.2) is 47.6 Å². The van der Waals surface area contributed by atoms with Gasteiger partial charge < -0.3 is 14.4 Å². The molecule has 9 nitrogen and oxygen atoms in total. The molecule has 3 aromatic heterocycles. The summed E-state index contributed by atoms with van der Waals surface area (Å²) in [5, 5.41) is 0. The Kier molecular flexibility index (Phi) is 5.69. The Labute approximate surface area is 195 Å². The summed E-state index contributed by atoms with van der Waals surface area (Å²) in [5.74, 6) is 1.34. The second-order valence-corrected chi connectivity index (χ2v) is 10.6. The van der Waals surface area contributed by atoms with Crippen LogP contribution < -0.4 is 9.64 Å². The molecular weight excluding hydrogens is 462 g/mol. The van der Waals surface area contributed by atoms with Gasteiger partial charge in [0.1, 0.15) is 0 Å². The summed E-state index contributed by atoms with van der Waals surface area (Å²) >= 11 is 1.55. The average molecular weight is 484 g/mol. The van der Waals surface area contributed by atoms with Gasteiger partial charge in [0.2, 0.25) is 0 Å². The standard InChI is InChI=1S/C22H21N5O4S2/c1-30-22-23-12-15(13-24-22)20-25-17-11-18(14-4-3-5-16(10-14)33(2,28)29)32-19(17)21(26-20)27-6-8-31-9-7-27/h3-5,10-13H,6-9H2,1-2H3. The van der Waals surface area contributed by atoms with Crippen LogP contribution in [0, 0.1) is 0 Å². The van der Waals surface area contributed by atoms with Gasteiger partial charge in [0, 0.05) is 36.6 Å². The van der Waals surface area contributed by atoms with Gasteiger partial charge >= 0.3 is 6.01 Å². The second kappa shape index (κ2) is 8.65. The molecule has 4 aromatic rings. The number of hydrogen-bond donors (Lipinski definition) is 0. The Balaban J connectivity index is 1.66. The molecule has 1 aliphatic rings. The van der Waals surface area contributed by atoms with Crippen molar-refractivity contribution in [2.24, 2.45) is 0 Å². The number of rotatable bonds is 5. The van der Waals surface area contributed by atoms with Crippen LogP contribution in [0.5, 0.6) is 6.01 Å². The molecule has 0 amide bonds. The predicted octanol–water partition coefficient (Wildman–Crippen LogP) is 3.06. The van der Waals surface area contributed by atoms with E-state index in [-0.39, 0.29) is 10.9 Å². The summed E-state index contributed by atoms with van der Waals surface area (Å²) in [6.45, 7) is 2.70. The first-order valence-electron chi connectivity index (χ1n) is 10.2. The zero-order valence-corrected chi connectivity index (χ0v) is 19.7. The average Bonchev–Trinajstić information content (AvgIpc) is 3.28. The summed E-state index contributed by atoms with van der Waals surface area (Å²) in [7, 11) is -1.79. The minimum Gasteiger partial charge on any atom is -0.467 e. The normalized spacial score (nSPS) is 14.5. The minimum absolute atomic E-state index is 0.275. The van der Waals surface area contributed by atoms with Crippen LogP contribution in [-0.4, -0.2) is 68.0 Å². The summed E-state index contributed by atoms with van der Waals surface area (Å²) in [6.07, 6.45) is 4.49. The highest BCUT2D eigenvalue weighted by Crippen LogP contribution is 2.39. The predicted molar refractivity (Wildman–Crippen MR) is 127 cm³/mol. The van der Waals surface area contributed by atoms with Crippen LogP contribution in [0.2, 0.25) is 0 Å². The third-order valence-corrected chi connectivity index (χ3v) is 7.56. The van der Waals surface area contributed by atoms with Crippen molar-refractivity contribution in [3.8, 4) is 27.8 Å². The third kappa shape index (κ3) is 4.39. The largest absolute Gasteiger partial charge is 0.467 e. The van der Waals surface area contributed by atoms with Crippen molar-refractivity contribution >= 4 is 37.2 Å². The molecule has 0 N–H and O–H groups in total. The van der Waals surface area contributed by atoms with Gasteiger partial charge in [-0.2, -0.15) is 0 Å². The number of methoxy groups -OCH3 is 1. The van der Waals surface area contributed by atoms with Crippen molar-refractivity contribution in [3.05, 3.63) is 42.7 Å². The quantitative estimate of drug-likeness (QED) is 0.423. The van der Waals surface area contributed by atoms with Gasteiger partial charge in [-0.25, -0.2) is 28.4 Å². The van der Waals surface area contributed by atoms with Crippen LogP contribution in [0.1, 0.15) is 0 Å². The van der Waals surface area contributed by atoms with E-state index < -0.39 is 9.84 Å². The number of hydrogen-bond acceptors (Lipinski definition) is 10. The van der Waals surface area contributed by atoms with E-state index in [0.29, 0.717) is 24.6 Å². The highest BCUT2D eigenvalue weighted by molar-refractivity contribution is 7.90. The van der Waals surface area contributed by atoms with Crippen molar-refractivity contribution in [2.45, 2.75) is 4.90 Å². The number of ether oxygens (including phenoxy) is 2. The van der Waals surface area contributed by atoms with Crippen LogP contribution in [-0.2, 0) is 14.6 Å². The molecule has 170 valence electrons. The molecule has 4 heterocycles. The lowest BCUT2D eigenvalue weighted by Crippen LogP contribution is -2.36. The van der Waals surface area contributed by atoms with Crippen molar-refractivity contribution in [2.75, 3.05) is 44.6 Å². The maximum Gasteiger partial charge on any atom is 0.316 e. The van der Waals surface area contributed by atoms with Gasteiger partial charge in [-0.3, -0.25) is 0 Å². The first-order chi connectivity index (χ1) is 15.9. The maximum atomic E-state index is 12.0. The lowest BCUT2D eigenvalue weighted by Gasteiger charge is -2.28. The molecule has 0 radical (unpaired) electrons. The van der Waals surface area contributed by atoms with Gasteiger partial charge in [-0.15, -0.1) is 11.3 Å². The monoisotopic (exact) mass is 483 g/mol. The van der Waals surface area contributed by atoms with E-state index >= 15 is 0 Å². The number of morpholine rings is 1. The number of aromatic nitrogens is 4. The molecular formula is C22H21N5O4S2. The highest BCUT2D eigenvalue weighted by atomic mass is 32.2. The Bertz CT molecular complexity index is 1410. The molecule has 0 bridgehead atoms. The zero-order chi connectivity index (χ0) is 23.0. The third-order valence-electron chi connectivity index (χ3n) is 5.28. The summed E-state index contributed by atoms with van der Waals surface area (Å²) in [4.78, 5) is 21.4.